The van der Waals surface area contributed by atoms with Crippen LogP contribution < -0.4 is 10.1 Å². The molecule has 0 spiro atoms. The molecule has 22 heavy (non-hydrogen) atoms. The lowest BCUT2D eigenvalue weighted by Crippen LogP contribution is -2.12. The van der Waals surface area contributed by atoms with Crippen molar-refractivity contribution in [3.8, 4) is 5.75 Å². The van der Waals surface area contributed by atoms with Crippen LogP contribution in [-0.4, -0.2) is 12.6 Å². The monoisotopic (exact) mass is 319 g/mol. The minimum Gasteiger partial charge on any atom is -0.480 e. The minimum absolute atomic E-state index is 0.197. The highest BCUT2D eigenvalue weighted by atomic mass is 35.5. The smallest absolute Gasteiger partial charge is 0.143 e. The number of hydrogen-bond donors (Lipinski definition) is 1. The summed E-state index contributed by atoms with van der Waals surface area (Å²) in [6.45, 7) is 9.07. The van der Waals surface area contributed by atoms with Crippen LogP contribution in [0.1, 0.15) is 34.1 Å². The van der Waals surface area contributed by atoms with Crippen molar-refractivity contribution in [2.24, 2.45) is 0 Å². The topological polar surface area (TPSA) is 21.3 Å². The highest BCUT2D eigenvalue weighted by Gasteiger charge is 2.08. The first-order valence-electron chi connectivity index (χ1n) is 7.71. The predicted octanol–water partition coefficient (Wildman–Crippen LogP) is 5.92. The second-order valence-corrected chi connectivity index (χ2v) is 5.74. The first kappa shape index (κ1) is 18.4. The molecule has 0 aliphatic carbocycles. The Morgan fingerprint density at radius 3 is 2.68 bits per heavy atom. The largest absolute Gasteiger partial charge is 0.480 e. The van der Waals surface area contributed by atoms with Gasteiger partial charge in [0.1, 0.15) is 11.9 Å². The van der Waals surface area contributed by atoms with Gasteiger partial charge in [-0.2, -0.15) is 0 Å². The van der Waals surface area contributed by atoms with Gasteiger partial charge in [-0.05, 0) is 57.6 Å². The Kier molecular flexibility index (Phi) is 8.46. The Morgan fingerprint density at radius 2 is 2.05 bits per heavy atom. The summed E-state index contributed by atoms with van der Waals surface area (Å²) in [5.74, 6) is 0.831. The van der Waals surface area contributed by atoms with Gasteiger partial charge in [0, 0.05) is 11.6 Å². The molecule has 1 rings (SSSR count). The van der Waals surface area contributed by atoms with Crippen molar-refractivity contribution >= 4 is 17.3 Å². The number of halogens is 1. The first-order chi connectivity index (χ1) is 10.6. The number of ether oxygens (including phenoxy) is 1. The molecule has 0 amide bonds. The summed E-state index contributed by atoms with van der Waals surface area (Å²) >= 11 is 6.25. The molecule has 0 saturated heterocycles. The highest BCUT2D eigenvalue weighted by Crippen LogP contribution is 2.26. The maximum absolute atomic E-state index is 6.25. The first-order valence-corrected chi connectivity index (χ1v) is 8.09. The van der Waals surface area contributed by atoms with Gasteiger partial charge in [-0.3, -0.25) is 0 Å². The van der Waals surface area contributed by atoms with Crippen LogP contribution in [0.2, 0.25) is 0 Å². The number of para-hydroxylation sites is 2. The van der Waals surface area contributed by atoms with Gasteiger partial charge in [0.2, 0.25) is 0 Å². The maximum Gasteiger partial charge on any atom is 0.143 e. The third kappa shape index (κ3) is 6.86. The lowest BCUT2D eigenvalue weighted by atomic mass is 10.2. The maximum atomic E-state index is 6.25. The van der Waals surface area contributed by atoms with Gasteiger partial charge in [-0.25, -0.2) is 0 Å². The van der Waals surface area contributed by atoms with E-state index >= 15 is 0 Å². The van der Waals surface area contributed by atoms with Gasteiger partial charge in [-0.15, -0.1) is 0 Å². The van der Waals surface area contributed by atoms with Crippen LogP contribution in [0.15, 0.2) is 59.2 Å². The molecule has 0 bridgehead atoms. The zero-order chi connectivity index (χ0) is 16.4. The summed E-state index contributed by atoms with van der Waals surface area (Å²) in [6, 6.07) is 7.97. The Labute approximate surface area is 139 Å². The van der Waals surface area contributed by atoms with Crippen LogP contribution in [-0.2, 0) is 0 Å². The van der Waals surface area contributed by atoms with E-state index in [1.807, 2.05) is 69.3 Å². The zero-order valence-corrected chi connectivity index (χ0v) is 14.7. The Morgan fingerprint density at radius 1 is 1.32 bits per heavy atom. The second kappa shape index (κ2) is 10.1. The molecular weight excluding hydrogens is 294 g/mol. The van der Waals surface area contributed by atoms with E-state index in [0.717, 1.165) is 30.0 Å². The average Bonchev–Trinajstić information content (AvgIpc) is 2.45. The van der Waals surface area contributed by atoms with Crippen molar-refractivity contribution < 1.29 is 4.74 Å². The predicted molar refractivity (Wildman–Crippen MR) is 97.8 cm³/mol. The van der Waals surface area contributed by atoms with E-state index in [2.05, 4.69) is 12.2 Å². The number of nitrogens with one attached hydrogen (secondary N) is 1. The van der Waals surface area contributed by atoms with E-state index in [1.165, 1.54) is 0 Å². The Bertz CT molecular complexity index is 542. The van der Waals surface area contributed by atoms with Gasteiger partial charge in [0.15, 0.2) is 0 Å². The molecule has 0 saturated carbocycles. The highest BCUT2D eigenvalue weighted by molar-refractivity contribution is 6.31. The van der Waals surface area contributed by atoms with Gasteiger partial charge in [0.25, 0.3) is 0 Å². The number of anilines is 1. The molecule has 3 heteroatoms. The fourth-order valence-corrected chi connectivity index (χ4v) is 2.26. The summed E-state index contributed by atoms with van der Waals surface area (Å²) in [4.78, 5) is 0. The van der Waals surface area contributed by atoms with Crippen molar-refractivity contribution in [2.75, 3.05) is 11.9 Å². The van der Waals surface area contributed by atoms with E-state index in [-0.39, 0.29) is 6.10 Å². The number of hydrogen-bond acceptors (Lipinski definition) is 2. The number of allylic oxidation sites excluding steroid dienone is 4. The molecule has 0 heterocycles. The Balaban J connectivity index is 2.94. The molecule has 120 valence electrons. The lowest BCUT2D eigenvalue weighted by molar-refractivity contribution is 0.297. The quantitative estimate of drug-likeness (QED) is 0.474. The van der Waals surface area contributed by atoms with E-state index in [1.54, 1.807) is 0 Å². The molecule has 0 fully saturated rings. The van der Waals surface area contributed by atoms with Gasteiger partial charge in [0.05, 0.1) is 5.69 Å². The van der Waals surface area contributed by atoms with Crippen LogP contribution in [0.3, 0.4) is 0 Å². The van der Waals surface area contributed by atoms with E-state index in [9.17, 15) is 0 Å². The third-order valence-corrected chi connectivity index (χ3v) is 3.08. The van der Waals surface area contributed by atoms with Crippen LogP contribution in [0.25, 0.3) is 0 Å². The molecule has 0 aliphatic heterocycles. The minimum atomic E-state index is -0.197. The van der Waals surface area contributed by atoms with Gasteiger partial charge >= 0.3 is 0 Å². The van der Waals surface area contributed by atoms with Crippen molar-refractivity contribution in [3.05, 3.63) is 59.2 Å². The Hall–Kier alpha value is -1.67. The lowest BCUT2D eigenvalue weighted by Gasteiger charge is -2.17. The van der Waals surface area contributed by atoms with Crippen molar-refractivity contribution in [1.29, 1.82) is 0 Å². The fraction of sp³-hybridized carbons (Fsp3) is 0.368. The van der Waals surface area contributed by atoms with Crippen LogP contribution in [0.4, 0.5) is 5.69 Å². The molecule has 2 nitrogen and oxygen atoms in total. The van der Waals surface area contributed by atoms with E-state index in [4.69, 9.17) is 16.3 Å². The summed E-state index contributed by atoms with van der Waals surface area (Å²) in [6.07, 6.45) is 8.67. The molecule has 0 aliphatic rings. The normalized spacial score (nSPS) is 13.0. The van der Waals surface area contributed by atoms with E-state index in [0.29, 0.717) is 5.03 Å². The summed E-state index contributed by atoms with van der Waals surface area (Å²) in [7, 11) is 0. The summed E-state index contributed by atoms with van der Waals surface area (Å²) < 4.78 is 6.10. The summed E-state index contributed by atoms with van der Waals surface area (Å²) in [5, 5.41) is 4.06. The SMILES string of the molecule is C/C=C\C(C=C(Cl)C=C(C)C)Oc1ccccc1NCCC. The average molecular weight is 320 g/mol. The third-order valence-electron chi connectivity index (χ3n) is 2.85. The fourth-order valence-electron chi connectivity index (χ4n) is 1.92. The second-order valence-electron chi connectivity index (χ2n) is 5.30. The molecule has 1 unspecified atom stereocenters. The molecule has 1 atom stereocenters. The number of rotatable bonds is 8. The summed E-state index contributed by atoms with van der Waals surface area (Å²) in [5.41, 5.74) is 2.16. The molecule has 1 N–H and O–H groups in total. The van der Waals surface area contributed by atoms with Gasteiger partial charge in [-0.1, -0.05) is 42.3 Å². The van der Waals surface area contributed by atoms with Crippen molar-refractivity contribution in [1.82, 2.24) is 0 Å². The molecule has 1 aromatic rings. The molecule has 1 aromatic carbocycles. The van der Waals surface area contributed by atoms with Crippen molar-refractivity contribution in [3.63, 3.8) is 0 Å². The van der Waals surface area contributed by atoms with Crippen LogP contribution >= 0.6 is 11.6 Å². The standard InChI is InChI=1S/C19H26ClNO/c1-5-9-17(14-16(20)13-15(3)4)22-19-11-8-7-10-18(19)21-12-6-2/h5,7-11,13-14,17,21H,6,12H2,1-4H3/b9-5-,16-14?. The zero-order valence-electron chi connectivity index (χ0n) is 13.9. The van der Waals surface area contributed by atoms with Crippen LogP contribution in [0, 0.1) is 0 Å². The molecular formula is C19H26ClNO. The molecule has 0 aromatic heterocycles. The molecule has 0 radical (unpaired) electrons. The van der Waals surface area contributed by atoms with Crippen molar-refractivity contribution in [2.45, 2.75) is 40.2 Å². The van der Waals surface area contributed by atoms with Gasteiger partial charge < -0.3 is 10.1 Å². The number of benzene rings is 1. The van der Waals surface area contributed by atoms with Crippen LogP contribution in [0.5, 0.6) is 5.75 Å². The van der Waals surface area contributed by atoms with E-state index < -0.39 is 0 Å².